The lowest BCUT2D eigenvalue weighted by atomic mass is 9.97. The summed E-state index contributed by atoms with van der Waals surface area (Å²) in [4.78, 5) is 16.4. The zero-order chi connectivity index (χ0) is 19.8. The standard InChI is InChI=1S/C19H25ClN4O3/c1-19(2,3)27-18(25)24-6-7-26-16-11-23(5-4-14(16)24)15-9-12(10-21)8-13(22)17(15)20/h8-9,14,16H,4-7,11,22H2,1-3H3. The second kappa shape index (κ2) is 7.45. The van der Waals surface area contributed by atoms with Crippen LogP contribution < -0.4 is 10.6 Å². The molecule has 1 amide bonds. The maximum Gasteiger partial charge on any atom is 0.410 e. The van der Waals surface area contributed by atoms with Crippen molar-refractivity contribution < 1.29 is 14.3 Å². The van der Waals surface area contributed by atoms with Crippen molar-refractivity contribution >= 4 is 29.1 Å². The van der Waals surface area contributed by atoms with Crippen molar-refractivity contribution in [2.45, 2.75) is 44.9 Å². The Morgan fingerprint density at radius 2 is 2.15 bits per heavy atom. The molecular weight excluding hydrogens is 368 g/mol. The molecule has 2 aliphatic heterocycles. The van der Waals surface area contributed by atoms with Crippen LogP contribution in [0.4, 0.5) is 16.2 Å². The molecule has 2 fully saturated rings. The average molecular weight is 393 g/mol. The first-order valence-corrected chi connectivity index (χ1v) is 9.42. The number of amides is 1. The second-order valence-electron chi connectivity index (χ2n) is 7.90. The number of anilines is 2. The molecule has 0 spiro atoms. The molecule has 2 saturated heterocycles. The summed E-state index contributed by atoms with van der Waals surface area (Å²) in [6.45, 7) is 7.81. The molecule has 2 unspecified atom stereocenters. The number of rotatable bonds is 1. The Hall–Kier alpha value is -2.17. The summed E-state index contributed by atoms with van der Waals surface area (Å²) in [5.41, 5.74) is 6.99. The molecule has 2 atom stereocenters. The Labute approximate surface area is 164 Å². The molecule has 8 heteroatoms. The molecule has 0 aromatic heterocycles. The van der Waals surface area contributed by atoms with Crippen LogP contribution in [0, 0.1) is 11.3 Å². The van der Waals surface area contributed by atoms with Gasteiger partial charge in [-0.1, -0.05) is 11.6 Å². The Bertz CT molecular complexity index is 771. The molecule has 0 aliphatic carbocycles. The van der Waals surface area contributed by atoms with Crippen molar-refractivity contribution in [3.63, 3.8) is 0 Å². The number of halogens is 1. The minimum Gasteiger partial charge on any atom is -0.444 e. The number of nitrogens with two attached hydrogens (primary N) is 1. The number of morpholine rings is 1. The Kier molecular flexibility index (Phi) is 5.41. The normalized spacial score (nSPS) is 22.8. The summed E-state index contributed by atoms with van der Waals surface area (Å²) in [5, 5.41) is 9.64. The Morgan fingerprint density at radius 3 is 2.81 bits per heavy atom. The fourth-order valence-electron chi connectivity index (χ4n) is 3.58. The number of piperidine rings is 1. The largest absolute Gasteiger partial charge is 0.444 e. The third kappa shape index (κ3) is 4.23. The lowest BCUT2D eigenvalue weighted by Crippen LogP contribution is -2.61. The van der Waals surface area contributed by atoms with Crippen LogP contribution in [0.2, 0.25) is 5.02 Å². The van der Waals surface area contributed by atoms with E-state index in [1.807, 2.05) is 20.8 Å². The minimum atomic E-state index is -0.533. The van der Waals surface area contributed by atoms with Gasteiger partial charge in [0.1, 0.15) is 5.60 Å². The number of carbonyl (C=O) groups excluding carboxylic acids is 1. The maximum atomic E-state index is 12.6. The van der Waals surface area contributed by atoms with Gasteiger partial charge in [0, 0.05) is 19.6 Å². The highest BCUT2D eigenvalue weighted by Crippen LogP contribution is 2.36. The number of carbonyl (C=O) groups is 1. The van der Waals surface area contributed by atoms with Gasteiger partial charge < -0.3 is 25.0 Å². The van der Waals surface area contributed by atoms with E-state index in [1.54, 1.807) is 17.0 Å². The lowest BCUT2D eigenvalue weighted by molar-refractivity contribution is -0.0799. The molecular formula is C19H25ClN4O3. The van der Waals surface area contributed by atoms with Crippen LogP contribution in [0.15, 0.2) is 12.1 Å². The average Bonchev–Trinajstić information content (AvgIpc) is 2.61. The van der Waals surface area contributed by atoms with Crippen LogP contribution in [-0.2, 0) is 9.47 Å². The quantitative estimate of drug-likeness (QED) is 0.738. The van der Waals surface area contributed by atoms with E-state index in [9.17, 15) is 10.1 Å². The summed E-state index contributed by atoms with van der Waals surface area (Å²) in [6.07, 6.45) is 0.266. The van der Waals surface area contributed by atoms with Crippen molar-refractivity contribution in [2.75, 3.05) is 36.9 Å². The van der Waals surface area contributed by atoms with Gasteiger partial charge in [0.15, 0.2) is 0 Å². The first-order valence-electron chi connectivity index (χ1n) is 9.05. The van der Waals surface area contributed by atoms with Gasteiger partial charge in [-0.05, 0) is 39.3 Å². The molecule has 27 heavy (non-hydrogen) atoms. The van der Waals surface area contributed by atoms with Gasteiger partial charge in [0.05, 0.1) is 46.8 Å². The van der Waals surface area contributed by atoms with Crippen molar-refractivity contribution in [1.29, 1.82) is 5.26 Å². The summed E-state index contributed by atoms with van der Waals surface area (Å²) in [6, 6.07) is 5.38. The zero-order valence-electron chi connectivity index (χ0n) is 15.9. The molecule has 0 saturated carbocycles. The topological polar surface area (TPSA) is 91.8 Å². The van der Waals surface area contributed by atoms with Gasteiger partial charge in [0.2, 0.25) is 0 Å². The predicted molar refractivity (Wildman–Crippen MR) is 104 cm³/mol. The maximum absolute atomic E-state index is 12.6. The third-order valence-electron chi connectivity index (χ3n) is 4.77. The van der Waals surface area contributed by atoms with Crippen molar-refractivity contribution in [3.8, 4) is 6.07 Å². The molecule has 1 aromatic carbocycles. The van der Waals surface area contributed by atoms with Crippen molar-refractivity contribution in [2.24, 2.45) is 0 Å². The number of hydrogen-bond donors (Lipinski definition) is 1. The zero-order valence-corrected chi connectivity index (χ0v) is 16.6. The summed E-state index contributed by atoms with van der Waals surface area (Å²) in [5.74, 6) is 0. The number of ether oxygens (including phenoxy) is 2. The Morgan fingerprint density at radius 1 is 1.41 bits per heavy atom. The van der Waals surface area contributed by atoms with E-state index in [2.05, 4.69) is 11.0 Å². The number of benzene rings is 1. The molecule has 0 bridgehead atoms. The van der Waals surface area contributed by atoms with E-state index in [0.29, 0.717) is 42.5 Å². The van der Waals surface area contributed by atoms with Crippen LogP contribution in [0.1, 0.15) is 32.8 Å². The lowest BCUT2D eigenvalue weighted by Gasteiger charge is -2.47. The molecule has 2 N–H and O–H groups in total. The van der Waals surface area contributed by atoms with Gasteiger partial charge in [-0.3, -0.25) is 0 Å². The second-order valence-corrected chi connectivity index (χ2v) is 8.27. The number of fused-ring (bicyclic) bond motifs is 1. The molecule has 146 valence electrons. The van der Waals surface area contributed by atoms with Gasteiger partial charge in [-0.25, -0.2) is 4.79 Å². The smallest absolute Gasteiger partial charge is 0.410 e. The Balaban J connectivity index is 1.77. The molecule has 1 aromatic rings. The van der Waals surface area contributed by atoms with E-state index in [4.69, 9.17) is 26.8 Å². The molecule has 2 aliphatic rings. The molecule has 2 heterocycles. The summed E-state index contributed by atoms with van der Waals surface area (Å²) < 4.78 is 11.5. The van der Waals surface area contributed by atoms with Crippen LogP contribution in [0.3, 0.4) is 0 Å². The number of nitrogens with zero attached hydrogens (tertiary/aromatic N) is 3. The highest BCUT2D eigenvalue weighted by atomic mass is 35.5. The van der Waals surface area contributed by atoms with E-state index >= 15 is 0 Å². The number of nitrogen functional groups attached to an aromatic ring is 1. The minimum absolute atomic E-state index is 0.0416. The van der Waals surface area contributed by atoms with E-state index in [1.165, 1.54) is 0 Å². The van der Waals surface area contributed by atoms with Gasteiger partial charge in [-0.15, -0.1) is 0 Å². The SMILES string of the molecule is CC(C)(C)OC(=O)N1CCOC2CN(c3cc(C#N)cc(N)c3Cl)CCC21. The first kappa shape index (κ1) is 19.6. The first-order chi connectivity index (χ1) is 12.7. The van der Waals surface area contributed by atoms with Gasteiger partial charge >= 0.3 is 6.09 Å². The fraction of sp³-hybridized carbons (Fsp3) is 0.579. The summed E-state index contributed by atoms with van der Waals surface area (Å²) in [7, 11) is 0. The third-order valence-corrected chi connectivity index (χ3v) is 5.18. The van der Waals surface area contributed by atoms with Crippen molar-refractivity contribution in [1.82, 2.24) is 4.90 Å². The fourth-order valence-corrected chi connectivity index (χ4v) is 3.81. The number of nitriles is 1. The molecule has 7 nitrogen and oxygen atoms in total. The highest BCUT2D eigenvalue weighted by Gasteiger charge is 2.41. The van der Waals surface area contributed by atoms with Crippen LogP contribution in [0.5, 0.6) is 0 Å². The van der Waals surface area contributed by atoms with E-state index in [0.717, 1.165) is 12.1 Å². The van der Waals surface area contributed by atoms with Crippen LogP contribution in [-0.4, -0.2) is 55.0 Å². The van der Waals surface area contributed by atoms with E-state index in [-0.39, 0.29) is 18.2 Å². The monoisotopic (exact) mass is 392 g/mol. The molecule has 3 rings (SSSR count). The van der Waals surface area contributed by atoms with Gasteiger partial charge in [-0.2, -0.15) is 5.26 Å². The number of hydrogen-bond acceptors (Lipinski definition) is 6. The highest BCUT2D eigenvalue weighted by molar-refractivity contribution is 6.35. The van der Waals surface area contributed by atoms with Crippen LogP contribution >= 0.6 is 11.6 Å². The predicted octanol–water partition coefficient (Wildman–Crippen LogP) is 3.01. The molecule has 0 radical (unpaired) electrons. The van der Waals surface area contributed by atoms with E-state index < -0.39 is 5.60 Å². The van der Waals surface area contributed by atoms with Gasteiger partial charge in [0.25, 0.3) is 0 Å². The summed E-state index contributed by atoms with van der Waals surface area (Å²) >= 11 is 6.38. The van der Waals surface area contributed by atoms with Crippen LogP contribution in [0.25, 0.3) is 0 Å². The van der Waals surface area contributed by atoms with Crippen molar-refractivity contribution in [3.05, 3.63) is 22.7 Å².